The SMILES string of the molecule is Cc1ccc(CCC(=O)N2CCN(C(=O)Cc3ccc(F)cc3)CC2)cc1. The highest BCUT2D eigenvalue weighted by Crippen LogP contribution is 2.11. The monoisotopic (exact) mass is 368 g/mol. The lowest BCUT2D eigenvalue weighted by atomic mass is 10.1. The normalized spacial score (nSPS) is 14.3. The van der Waals surface area contributed by atoms with Crippen LogP contribution in [0, 0.1) is 12.7 Å². The maximum Gasteiger partial charge on any atom is 0.227 e. The molecule has 1 aliphatic rings. The molecule has 0 radical (unpaired) electrons. The first-order chi connectivity index (χ1) is 13.0. The number of nitrogens with zero attached hydrogens (tertiary/aromatic N) is 2. The molecule has 3 rings (SSSR count). The Balaban J connectivity index is 1.43. The number of amides is 2. The van der Waals surface area contributed by atoms with Crippen molar-refractivity contribution in [1.29, 1.82) is 0 Å². The van der Waals surface area contributed by atoms with Crippen molar-refractivity contribution in [3.63, 3.8) is 0 Å². The Bertz CT molecular complexity index is 779. The van der Waals surface area contributed by atoms with Crippen LogP contribution < -0.4 is 0 Å². The van der Waals surface area contributed by atoms with Gasteiger partial charge in [-0.3, -0.25) is 9.59 Å². The molecule has 2 aromatic rings. The van der Waals surface area contributed by atoms with Gasteiger partial charge in [-0.05, 0) is 36.6 Å². The summed E-state index contributed by atoms with van der Waals surface area (Å²) in [7, 11) is 0. The fourth-order valence-electron chi connectivity index (χ4n) is 3.26. The third kappa shape index (κ3) is 5.39. The van der Waals surface area contributed by atoms with Crippen molar-refractivity contribution < 1.29 is 14.0 Å². The largest absolute Gasteiger partial charge is 0.339 e. The van der Waals surface area contributed by atoms with Gasteiger partial charge in [0.05, 0.1) is 6.42 Å². The topological polar surface area (TPSA) is 40.6 Å². The van der Waals surface area contributed by atoms with Crippen LogP contribution in [0.5, 0.6) is 0 Å². The van der Waals surface area contributed by atoms with Crippen molar-refractivity contribution in [2.75, 3.05) is 26.2 Å². The highest BCUT2D eigenvalue weighted by atomic mass is 19.1. The van der Waals surface area contributed by atoms with Gasteiger partial charge in [0.25, 0.3) is 0 Å². The second-order valence-corrected chi connectivity index (χ2v) is 7.05. The predicted molar refractivity (Wildman–Crippen MR) is 103 cm³/mol. The Hall–Kier alpha value is -2.69. The molecule has 0 unspecified atom stereocenters. The molecule has 1 saturated heterocycles. The molecule has 1 heterocycles. The zero-order valence-electron chi connectivity index (χ0n) is 15.7. The van der Waals surface area contributed by atoms with Gasteiger partial charge in [-0.2, -0.15) is 0 Å². The fraction of sp³-hybridized carbons (Fsp3) is 0.364. The zero-order chi connectivity index (χ0) is 19.2. The van der Waals surface area contributed by atoms with Crippen LogP contribution >= 0.6 is 0 Å². The number of rotatable bonds is 5. The molecule has 0 atom stereocenters. The summed E-state index contributed by atoms with van der Waals surface area (Å²) in [6.07, 6.45) is 1.50. The summed E-state index contributed by atoms with van der Waals surface area (Å²) in [6, 6.07) is 14.3. The molecule has 5 heteroatoms. The molecular weight excluding hydrogens is 343 g/mol. The molecule has 2 aromatic carbocycles. The summed E-state index contributed by atoms with van der Waals surface area (Å²) in [6.45, 7) is 4.29. The Kier molecular flexibility index (Phi) is 6.22. The second-order valence-electron chi connectivity index (χ2n) is 7.05. The van der Waals surface area contributed by atoms with Gasteiger partial charge in [0.15, 0.2) is 0 Å². The summed E-state index contributed by atoms with van der Waals surface area (Å²) >= 11 is 0. The van der Waals surface area contributed by atoms with E-state index in [0.29, 0.717) is 32.6 Å². The minimum Gasteiger partial charge on any atom is -0.339 e. The van der Waals surface area contributed by atoms with Crippen molar-refractivity contribution in [1.82, 2.24) is 9.80 Å². The van der Waals surface area contributed by atoms with Gasteiger partial charge >= 0.3 is 0 Å². The van der Waals surface area contributed by atoms with Crippen LogP contribution in [-0.2, 0) is 22.4 Å². The molecule has 4 nitrogen and oxygen atoms in total. The summed E-state index contributed by atoms with van der Waals surface area (Å²) in [5.74, 6) is -0.140. The van der Waals surface area contributed by atoms with E-state index in [1.807, 2.05) is 11.8 Å². The third-order valence-electron chi connectivity index (χ3n) is 5.00. The molecule has 142 valence electrons. The Morgan fingerprint density at radius 3 is 1.93 bits per heavy atom. The van der Waals surface area contributed by atoms with Crippen LogP contribution in [0.15, 0.2) is 48.5 Å². The summed E-state index contributed by atoms with van der Waals surface area (Å²) < 4.78 is 13.0. The molecule has 0 spiro atoms. The number of aryl methyl sites for hydroxylation is 2. The van der Waals surface area contributed by atoms with E-state index in [2.05, 4.69) is 24.3 Å². The minimum absolute atomic E-state index is 0.0216. The smallest absolute Gasteiger partial charge is 0.227 e. The van der Waals surface area contributed by atoms with Crippen molar-refractivity contribution in [3.05, 3.63) is 71.0 Å². The Labute approximate surface area is 159 Å². The van der Waals surface area contributed by atoms with Crippen LogP contribution in [0.1, 0.15) is 23.1 Å². The van der Waals surface area contributed by atoms with Crippen LogP contribution in [0.4, 0.5) is 4.39 Å². The molecule has 1 aliphatic heterocycles. The van der Waals surface area contributed by atoms with Gasteiger partial charge in [0.1, 0.15) is 5.82 Å². The first kappa shape index (κ1) is 19.1. The van der Waals surface area contributed by atoms with E-state index in [-0.39, 0.29) is 24.1 Å². The molecule has 0 aliphatic carbocycles. The number of carbonyl (C=O) groups is 2. The molecule has 0 bridgehead atoms. The predicted octanol–water partition coefficient (Wildman–Crippen LogP) is 2.98. The minimum atomic E-state index is -0.302. The van der Waals surface area contributed by atoms with Crippen LogP contribution in [-0.4, -0.2) is 47.8 Å². The number of halogens is 1. The maximum atomic E-state index is 13.0. The highest BCUT2D eigenvalue weighted by molar-refractivity contribution is 5.80. The molecule has 0 saturated carbocycles. The number of piperazine rings is 1. The molecule has 2 amide bonds. The van der Waals surface area contributed by atoms with E-state index in [0.717, 1.165) is 12.0 Å². The Morgan fingerprint density at radius 1 is 0.815 bits per heavy atom. The number of benzene rings is 2. The highest BCUT2D eigenvalue weighted by Gasteiger charge is 2.23. The lowest BCUT2D eigenvalue weighted by Crippen LogP contribution is -2.51. The lowest BCUT2D eigenvalue weighted by molar-refractivity contribution is -0.139. The zero-order valence-corrected chi connectivity index (χ0v) is 15.7. The van der Waals surface area contributed by atoms with E-state index in [1.165, 1.54) is 23.3 Å². The lowest BCUT2D eigenvalue weighted by Gasteiger charge is -2.35. The van der Waals surface area contributed by atoms with Crippen LogP contribution in [0.2, 0.25) is 0 Å². The summed E-state index contributed by atoms with van der Waals surface area (Å²) in [5.41, 5.74) is 3.19. The van der Waals surface area contributed by atoms with Gasteiger partial charge in [-0.1, -0.05) is 42.0 Å². The van der Waals surface area contributed by atoms with E-state index < -0.39 is 0 Å². The number of hydrogen-bond acceptors (Lipinski definition) is 2. The van der Waals surface area contributed by atoms with Gasteiger partial charge in [-0.25, -0.2) is 4.39 Å². The fourth-order valence-corrected chi connectivity index (χ4v) is 3.26. The quantitative estimate of drug-likeness (QED) is 0.814. The van der Waals surface area contributed by atoms with Crippen LogP contribution in [0.3, 0.4) is 0 Å². The average molecular weight is 368 g/mol. The van der Waals surface area contributed by atoms with Crippen molar-refractivity contribution in [2.45, 2.75) is 26.2 Å². The number of hydrogen-bond donors (Lipinski definition) is 0. The van der Waals surface area contributed by atoms with E-state index >= 15 is 0 Å². The van der Waals surface area contributed by atoms with Crippen molar-refractivity contribution in [2.24, 2.45) is 0 Å². The second kappa shape index (κ2) is 8.80. The first-order valence-corrected chi connectivity index (χ1v) is 9.37. The van der Waals surface area contributed by atoms with Crippen LogP contribution in [0.25, 0.3) is 0 Å². The molecule has 27 heavy (non-hydrogen) atoms. The summed E-state index contributed by atoms with van der Waals surface area (Å²) in [4.78, 5) is 28.4. The van der Waals surface area contributed by atoms with Gasteiger partial charge in [0.2, 0.25) is 11.8 Å². The third-order valence-corrected chi connectivity index (χ3v) is 5.00. The standard InChI is InChI=1S/C22H25FN2O2/c1-17-2-4-18(5-3-17)8-11-21(26)24-12-14-25(15-13-24)22(27)16-19-6-9-20(23)10-7-19/h2-7,9-10H,8,11-16H2,1H3. The van der Waals surface area contributed by atoms with E-state index in [1.54, 1.807) is 17.0 Å². The number of carbonyl (C=O) groups excluding carboxylic acids is 2. The van der Waals surface area contributed by atoms with E-state index in [4.69, 9.17) is 0 Å². The van der Waals surface area contributed by atoms with Crippen molar-refractivity contribution in [3.8, 4) is 0 Å². The maximum absolute atomic E-state index is 13.0. The molecule has 0 aromatic heterocycles. The van der Waals surface area contributed by atoms with Crippen molar-refractivity contribution >= 4 is 11.8 Å². The van der Waals surface area contributed by atoms with Gasteiger partial charge < -0.3 is 9.80 Å². The van der Waals surface area contributed by atoms with Gasteiger partial charge in [0, 0.05) is 32.6 Å². The van der Waals surface area contributed by atoms with Gasteiger partial charge in [-0.15, -0.1) is 0 Å². The molecular formula is C22H25FN2O2. The summed E-state index contributed by atoms with van der Waals surface area (Å²) in [5, 5.41) is 0. The average Bonchev–Trinajstić information content (AvgIpc) is 2.69. The Morgan fingerprint density at radius 2 is 1.33 bits per heavy atom. The molecule has 1 fully saturated rings. The van der Waals surface area contributed by atoms with E-state index in [9.17, 15) is 14.0 Å². The molecule has 0 N–H and O–H groups in total. The first-order valence-electron chi connectivity index (χ1n) is 9.37.